The van der Waals surface area contributed by atoms with Gasteiger partial charge in [-0.3, -0.25) is 4.79 Å². The number of nitrogens with zero attached hydrogens (tertiary/aromatic N) is 2. The lowest BCUT2D eigenvalue weighted by atomic mass is 10.1. The van der Waals surface area contributed by atoms with Crippen molar-refractivity contribution in [1.82, 2.24) is 0 Å². The summed E-state index contributed by atoms with van der Waals surface area (Å²) in [5, 5.41) is 27.4. The lowest BCUT2D eigenvalue weighted by molar-refractivity contribution is -0.137. The van der Waals surface area contributed by atoms with Gasteiger partial charge in [-0.05, 0) is 6.08 Å². The van der Waals surface area contributed by atoms with Gasteiger partial charge in [-0.15, -0.1) is 0 Å². The summed E-state index contributed by atoms with van der Waals surface area (Å²) >= 11 is 0. The summed E-state index contributed by atoms with van der Waals surface area (Å²) in [5.74, 6) is -2.81. The average Bonchev–Trinajstić information content (AvgIpc) is 1.99. The standard InChI is InChI=1S/C6H6N2O3/c1-2-5(8-11)4(3-7)6(9)10/h2,4,11H,1H2,(H,9,10). The molecule has 0 rings (SSSR count). The molecule has 0 saturated heterocycles. The molecule has 0 bridgehead atoms. The molecule has 1 unspecified atom stereocenters. The topological polar surface area (TPSA) is 93.7 Å². The summed E-state index contributed by atoms with van der Waals surface area (Å²) in [4.78, 5) is 10.2. The van der Waals surface area contributed by atoms with Gasteiger partial charge in [0.25, 0.3) is 0 Å². The highest BCUT2D eigenvalue weighted by atomic mass is 16.4. The average molecular weight is 154 g/mol. The first-order chi connectivity index (χ1) is 5.17. The van der Waals surface area contributed by atoms with E-state index in [2.05, 4.69) is 11.7 Å². The smallest absolute Gasteiger partial charge is 0.327 e. The Morgan fingerprint density at radius 3 is 2.45 bits per heavy atom. The van der Waals surface area contributed by atoms with Crippen LogP contribution >= 0.6 is 0 Å². The maximum absolute atomic E-state index is 10.2. The summed E-state index contributed by atoms with van der Waals surface area (Å²) in [6, 6.07) is 1.44. The van der Waals surface area contributed by atoms with Gasteiger partial charge in [0.2, 0.25) is 0 Å². The number of oxime groups is 1. The first-order valence-electron chi connectivity index (χ1n) is 2.64. The third kappa shape index (κ3) is 2.10. The van der Waals surface area contributed by atoms with Gasteiger partial charge in [0, 0.05) is 0 Å². The van der Waals surface area contributed by atoms with Crippen molar-refractivity contribution in [2.75, 3.05) is 0 Å². The van der Waals surface area contributed by atoms with Gasteiger partial charge in [-0.25, -0.2) is 0 Å². The van der Waals surface area contributed by atoms with Gasteiger partial charge in [0.15, 0.2) is 5.92 Å². The SMILES string of the molecule is C=CC(=NO)C(C#N)C(=O)O. The molecular weight excluding hydrogens is 148 g/mol. The minimum atomic E-state index is -1.45. The third-order valence-corrected chi connectivity index (χ3v) is 0.996. The van der Waals surface area contributed by atoms with Crippen molar-refractivity contribution in [3.05, 3.63) is 12.7 Å². The molecule has 0 aromatic heterocycles. The summed E-state index contributed by atoms with van der Waals surface area (Å²) in [6.45, 7) is 3.18. The molecule has 0 radical (unpaired) electrons. The van der Waals surface area contributed by atoms with Crippen molar-refractivity contribution in [3.63, 3.8) is 0 Å². The van der Waals surface area contributed by atoms with E-state index in [4.69, 9.17) is 15.6 Å². The molecule has 5 heteroatoms. The molecule has 0 aliphatic heterocycles. The second-order valence-corrected chi connectivity index (χ2v) is 1.63. The zero-order valence-corrected chi connectivity index (χ0v) is 5.56. The Labute approximate surface area is 62.9 Å². The molecule has 0 fully saturated rings. The zero-order valence-electron chi connectivity index (χ0n) is 5.56. The van der Waals surface area contributed by atoms with Gasteiger partial charge in [0.05, 0.1) is 6.07 Å². The fourth-order valence-corrected chi connectivity index (χ4v) is 0.464. The van der Waals surface area contributed by atoms with E-state index in [1.807, 2.05) is 0 Å². The van der Waals surface area contributed by atoms with E-state index >= 15 is 0 Å². The predicted octanol–water partition coefficient (Wildman–Crippen LogP) is 0.227. The van der Waals surface area contributed by atoms with Crippen LogP contribution in [-0.2, 0) is 4.79 Å². The van der Waals surface area contributed by atoms with Crippen molar-refractivity contribution < 1.29 is 15.1 Å². The lowest BCUT2D eigenvalue weighted by Gasteiger charge is -1.98. The van der Waals surface area contributed by atoms with E-state index in [1.54, 1.807) is 0 Å². The Morgan fingerprint density at radius 2 is 2.36 bits per heavy atom. The van der Waals surface area contributed by atoms with Crippen LogP contribution < -0.4 is 0 Å². The van der Waals surface area contributed by atoms with Gasteiger partial charge in [-0.2, -0.15) is 5.26 Å². The summed E-state index contributed by atoms with van der Waals surface area (Å²) in [5.41, 5.74) is -0.264. The van der Waals surface area contributed by atoms with Crippen molar-refractivity contribution >= 4 is 11.7 Å². The van der Waals surface area contributed by atoms with E-state index in [0.29, 0.717) is 0 Å². The van der Waals surface area contributed by atoms with E-state index < -0.39 is 11.9 Å². The predicted molar refractivity (Wildman–Crippen MR) is 36.2 cm³/mol. The van der Waals surface area contributed by atoms with Crippen molar-refractivity contribution in [2.45, 2.75) is 0 Å². The number of hydrogen-bond donors (Lipinski definition) is 2. The molecular formula is C6H6N2O3. The summed E-state index contributed by atoms with van der Waals surface area (Å²) in [6.07, 6.45) is 1.02. The largest absolute Gasteiger partial charge is 0.480 e. The van der Waals surface area contributed by atoms with Gasteiger partial charge < -0.3 is 10.3 Å². The normalized spacial score (nSPS) is 13.2. The minimum Gasteiger partial charge on any atom is -0.480 e. The van der Waals surface area contributed by atoms with Gasteiger partial charge in [-0.1, -0.05) is 11.7 Å². The second-order valence-electron chi connectivity index (χ2n) is 1.63. The van der Waals surface area contributed by atoms with Crippen LogP contribution in [-0.4, -0.2) is 22.0 Å². The number of aliphatic carboxylic acids is 1. The molecule has 0 spiro atoms. The zero-order chi connectivity index (χ0) is 8.85. The summed E-state index contributed by atoms with van der Waals surface area (Å²) < 4.78 is 0. The Kier molecular flexibility index (Phi) is 3.39. The maximum Gasteiger partial charge on any atom is 0.327 e. The molecule has 0 amide bonds. The number of hydrogen-bond acceptors (Lipinski definition) is 4. The number of carboxylic acids is 1. The fourth-order valence-electron chi connectivity index (χ4n) is 0.464. The molecule has 0 aromatic rings. The number of allylic oxidation sites excluding steroid dienone is 1. The highest BCUT2D eigenvalue weighted by Crippen LogP contribution is 1.99. The highest BCUT2D eigenvalue weighted by molar-refractivity contribution is 6.09. The number of carboxylic acid groups (broad SMARTS) is 1. The summed E-state index contributed by atoms with van der Waals surface area (Å²) in [7, 11) is 0. The van der Waals surface area contributed by atoms with Crippen LogP contribution in [0.4, 0.5) is 0 Å². The Hall–Kier alpha value is -1.83. The molecule has 2 N–H and O–H groups in total. The molecule has 5 nitrogen and oxygen atoms in total. The minimum absolute atomic E-state index is 0.264. The number of nitriles is 1. The second kappa shape index (κ2) is 4.06. The lowest BCUT2D eigenvalue weighted by Crippen LogP contribution is -2.20. The molecule has 0 aliphatic rings. The van der Waals surface area contributed by atoms with E-state index in [9.17, 15) is 4.79 Å². The van der Waals surface area contributed by atoms with Crippen LogP contribution in [0.25, 0.3) is 0 Å². The van der Waals surface area contributed by atoms with Crippen LogP contribution in [0.15, 0.2) is 17.8 Å². The molecule has 0 heterocycles. The number of rotatable bonds is 3. The fraction of sp³-hybridized carbons (Fsp3) is 0.167. The third-order valence-electron chi connectivity index (χ3n) is 0.996. The molecule has 11 heavy (non-hydrogen) atoms. The Bertz CT molecular complexity index is 239. The van der Waals surface area contributed by atoms with Crippen LogP contribution in [0, 0.1) is 17.2 Å². The van der Waals surface area contributed by atoms with Crippen molar-refractivity contribution in [2.24, 2.45) is 11.1 Å². The number of carbonyl (C=O) groups is 1. The molecule has 0 aliphatic carbocycles. The Morgan fingerprint density at radius 1 is 1.82 bits per heavy atom. The molecule has 0 aromatic carbocycles. The Balaban J connectivity index is 4.66. The quantitative estimate of drug-likeness (QED) is 0.345. The van der Waals surface area contributed by atoms with Crippen molar-refractivity contribution in [3.8, 4) is 6.07 Å². The first kappa shape index (κ1) is 9.17. The van der Waals surface area contributed by atoms with Crippen LogP contribution in [0.1, 0.15) is 0 Å². The monoisotopic (exact) mass is 154 g/mol. The van der Waals surface area contributed by atoms with E-state index in [-0.39, 0.29) is 5.71 Å². The van der Waals surface area contributed by atoms with Gasteiger partial charge in [0.1, 0.15) is 5.71 Å². The molecule has 0 saturated carbocycles. The molecule has 1 atom stereocenters. The van der Waals surface area contributed by atoms with E-state index in [0.717, 1.165) is 6.08 Å². The van der Waals surface area contributed by atoms with Crippen LogP contribution in [0.2, 0.25) is 0 Å². The maximum atomic E-state index is 10.2. The van der Waals surface area contributed by atoms with Crippen molar-refractivity contribution in [1.29, 1.82) is 5.26 Å². The first-order valence-corrected chi connectivity index (χ1v) is 2.64. The van der Waals surface area contributed by atoms with Gasteiger partial charge >= 0.3 is 5.97 Å². The van der Waals surface area contributed by atoms with E-state index in [1.165, 1.54) is 6.07 Å². The molecule has 58 valence electrons. The van der Waals surface area contributed by atoms with Crippen LogP contribution in [0.3, 0.4) is 0 Å². The highest BCUT2D eigenvalue weighted by Gasteiger charge is 2.21. The van der Waals surface area contributed by atoms with Crippen LogP contribution in [0.5, 0.6) is 0 Å².